The molecule has 0 aromatic rings. The summed E-state index contributed by atoms with van der Waals surface area (Å²) in [5.74, 6) is 1.42. The fourth-order valence-electron chi connectivity index (χ4n) is 2.27. The van der Waals surface area contributed by atoms with Crippen LogP contribution in [0.25, 0.3) is 0 Å². The molecule has 74 valence electrons. The van der Waals surface area contributed by atoms with E-state index in [-0.39, 0.29) is 0 Å². The van der Waals surface area contributed by atoms with Crippen LogP contribution >= 0.6 is 0 Å². The predicted octanol–water partition coefficient (Wildman–Crippen LogP) is 3.49. The Bertz CT molecular complexity index is 296. The van der Waals surface area contributed by atoms with E-state index in [1.54, 1.807) is 0 Å². The predicted molar refractivity (Wildman–Crippen MR) is 60.6 cm³/mol. The summed E-state index contributed by atoms with van der Waals surface area (Å²) in [5.41, 5.74) is 1.06. The monoisotopic (exact) mass is 187 g/mol. The van der Waals surface area contributed by atoms with Crippen LogP contribution in [0, 0.1) is 17.2 Å². The zero-order valence-corrected chi connectivity index (χ0v) is 8.45. The van der Waals surface area contributed by atoms with Crippen molar-refractivity contribution in [2.45, 2.75) is 25.7 Å². The molecule has 0 saturated heterocycles. The summed E-state index contributed by atoms with van der Waals surface area (Å²) < 4.78 is 0. The molecule has 0 bridgehead atoms. The number of nitrogens with one attached hydrogen (secondary N) is 1. The van der Waals surface area contributed by atoms with Gasteiger partial charge in [0.2, 0.25) is 0 Å². The number of hydrogen-bond donors (Lipinski definition) is 1. The van der Waals surface area contributed by atoms with Crippen molar-refractivity contribution in [3.8, 4) is 0 Å². The van der Waals surface area contributed by atoms with Crippen LogP contribution in [-0.2, 0) is 0 Å². The van der Waals surface area contributed by atoms with Crippen LogP contribution in [-0.4, -0.2) is 6.21 Å². The molecular formula is C13H17N. The molecule has 2 atom stereocenters. The first-order chi connectivity index (χ1) is 6.90. The molecule has 0 aromatic heterocycles. The molecule has 2 aliphatic carbocycles. The highest BCUT2D eigenvalue weighted by Crippen LogP contribution is 2.30. The lowest BCUT2D eigenvalue weighted by Gasteiger charge is -2.25. The Kier molecular flexibility index (Phi) is 2.97. The number of rotatable bonds is 2. The van der Waals surface area contributed by atoms with Crippen LogP contribution in [0.2, 0.25) is 0 Å². The minimum Gasteiger partial charge on any atom is -0.308 e. The zero-order valence-electron chi connectivity index (χ0n) is 8.45. The third-order valence-electron chi connectivity index (χ3n) is 3.17. The van der Waals surface area contributed by atoms with Crippen LogP contribution in [0.5, 0.6) is 0 Å². The van der Waals surface area contributed by atoms with Crippen LogP contribution in [0.1, 0.15) is 25.7 Å². The summed E-state index contributed by atoms with van der Waals surface area (Å²) in [6, 6.07) is 0. The normalized spacial score (nSPS) is 31.3. The van der Waals surface area contributed by atoms with Crippen molar-refractivity contribution < 1.29 is 0 Å². The van der Waals surface area contributed by atoms with Crippen molar-refractivity contribution in [3.63, 3.8) is 0 Å². The van der Waals surface area contributed by atoms with Gasteiger partial charge in [0.15, 0.2) is 0 Å². The Labute approximate surface area is 85.7 Å². The number of hydrogen-bond acceptors (Lipinski definition) is 1. The van der Waals surface area contributed by atoms with Gasteiger partial charge in [0.05, 0.1) is 0 Å². The van der Waals surface area contributed by atoms with Crippen molar-refractivity contribution >= 4 is 6.21 Å². The molecule has 0 aromatic carbocycles. The van der Waals surface area contributed by atoms with Gasteiger partial charge in [-0.05, 0) is 43.1 Å². The molecule has 14 heavy (non-hydrogen) atoms. The smallest absolute Gasteiger partial charge is 0.0246 e. The second-order valence-electron chi connectivity index (χ2n) is 4.13. The van der Waals surface area contributed by atoms with Gasteiger partial charge in [-0.25, -0.2) is 0 Å². The lowest BCUT2D eigenvalue weighted by atomic mass is 9.80. The van der Waals surface area contributed by atoms with Crippen molar-refractivity contribution in [1.82, 2.24) is 0 Å². The molecule has 1 N–H and O–H groups in total. The van der Waals surface area contributed by atoms with Gasteiger partial charge in [-0.3, -0.25) is 0 Å². The summed E-state index contributed by atoms with van der Waals surface area (Å²) in [4.78, 5) is 0. The maximum absolute atomic E-state index is 7.15. The van der Waals surface area contributed by atoms with Crippen molar-refractivity contribution in [2.24, 2.45) is 11.8 Å². The van der Waals surface area contributed by atoms with Gasteiger partial charge in [-0.2, -0.15) is 0 Å². The lowest BCUT2D eigenvalue weighted by molar-refractivity contribution is 0.421. The third-order valence-corrected chi connectivity index (χ3v) is 3.17. The second kappa shape index (κ2) is 4.41. The maximum atomic E-state index is 7.15. The average Bonchev–Trinajstić information content (AvgIpc) is 2.30. The Balaban J connectivity index is 1.99. The highest BCUT2D eigenvalue weighted by molar-refractivity contribution is 5.80. The van der Waals surface area contributed by atoms with Crippen molar-refractivity contribution in [3.05, 3.63) is 36.0 Å². The van der Waals surface area contributed by atoms with E-state index in [4.69, 9.17) is 5.41 Å². The van der Waals surface area contributed by atoms with Crippen LogP contribution in [0.15, 0.2) is 36.0 Å². The Hall–Kier alpha value is -1.11. The van der Waals surface area contributed by atoms with Gasteiger partial charge in [0, 0.05) is 6.21 Å². The molecule has 1 heteroatoms. The SMILES string of the molecule is N=CC1=CCC(C2C=CCCC2)C=C1. The van der Waals surface area contributed by atoms with E-state index in [1.807, 2.05) is 0 Å². The summed E-state index contributed by atoms with van der Waals surface area (Å²) in [6.45, 7) is 0. The maximum Gasteiger partial charge on any atom is 0.0246 e. The molecule has 0 amide bonds. The molecule has 0 radical (unpaired) electrons. The summed E-state index contributed by atoms with van der Waals surface area (Å²) in [6.07, 6.45) is 17.7. The molecule has 0 heterocycles. The topological polar surface area (TPSA) is 23.9 Å². The largest absolute Gasteiger partial charge is 0.308 e. The van der Waals surface area contributed by atoms with E-state index in [9.17, 15) is 0 Å². The van der Waals surface area contributed by atoms with E-state index in [0.717, 1.165) is 17.9 Å². The molecule has 0 fully saturated rings. The molecule has 1 nitrogen and oxygen atoms in total. The highest BCUT2D eigenvalue weighted by atomic mass is 14.3. The van der Waals surface area contributed by atoms with Crippen molar-refractivity contribution in [1.29, 1.82) is 5.41 Å². The Morgan fingerprint density at radius 1 is 1.29 bits per heavy atom. The fraction of sp³-hybridized carbons (Fsp3) is 0.462. The van der Waals surface area contributed by atoms with Crippen LogP contribution < -0.4 is 0 Å². The van der Waals surface area contributed by atoms with Gasteiger partial charge in [0.25, 0.3) is 0 Å². The molecule has 0 aliphatic heterocycles. The van der Waals surface area contributed by atoms with E-state index >= 15 is 0 Å². The quantitative estimate of drug-likeness (QED) is 0.505. The minimum atomic E-state index is 0.676. The summed E-state index contributed by atoms with van der Waals surface area (Å²) >= 11 is 0. The lowest BCUT2D eigenvalue weighted by Crippen LogP contribution is -2.14. The van der Waals surface area contributed by atoms with Gasteiger partial charge in [0.1, 0.15) is 0 Å². The summed E-state index contributed by atoms with van der Waals surface area (Å²) in [5, 5.41) is 7.15. The third kappa shape index (κ3) is 2.03. The number of allylic oxidation sites excluding steroid dienone is 6. The second-order valence-corrected chi connectivity index (χ2v) is 4.13. The van der Waals surface area contributed by atoms with Crippen LogP contribution in [0.3, 0.4) is 0 Å². The Morgan fingerprint density at radius 2 is 2.21 bits per heavy atom. The first-order valence-electron chi connectivity index (χ1n) is 5.45. The molecule has 0 spiro atoms. The first kappa shape index (κ1) is 9.45. The zero-order chi connectivity index (χ0) is 9.80. The Morgan fingerprint density at radius 3 is 2.79 bits per heavy atom. The minimum absolute atomic E-state index is 0.676. The molecule has 2 aliphatic rings. The highest BCUT2D eigenvalue weighted by Gasteiger charge is 2.18. The average molecular weight is 187 g/mol. The van der Waals surface area contributed by atoms with E-state index in [2.05, 4.69) is 30.4 Å². The summed E-state index contributed by atoms with van der Waals surface area (Å²) in [7, 11) is 0. The van der Waals surface area contributed by atoms with E-state index in [1.165, 1.54) is 25.5 Å². The first-order valence-corrected chi connectivity index (χ1v) is 5.45. The molecular weight excluding hydrogens is 170 g/mol. The van der Waals surface area contributed by atoms with Gasteiger partial charge >= 0.3 is 0 Å². The standard InChI is InChI=1S/C13H17N/c14-10-11-6-8-13(9-7-11)12-4-2-1-3-5-12/h2,4,6-8,10,12-14H,1,3,5,9H2. The van der Waals surface area contributed by atoms with E-state index in [0.29, 0.717) is 5.92 Å². The van der Waals surface area contributed by atoms with Gasteiger partial charge in [-0.15, -0.1) is 0 Å². The molecule has 2 unspecified atom stereocenters. The van der Waals surface area contributed by atoms with Crippen LogP contribution in [0.4, 0.5) is 0 Å². The van der Waals surface area contributed by atoms with Gasteiger partial charge in [-0.1, -0.05) is 30.4 Å². The van der Waals surface area contributed by atoms with E-state index < -0.39 is 0 Å². The van der Waals surface area contributed by atoms with Gasteiger partial charge < -0.3 is 5.41 Å². The fourth-order valence-corrected chi connectivity index (χ4v) is 2.27. The molecule has 2 rings (SSSR count). The molecule has 0 saturated carbocycles. The van der Waals surface area contributed by atoms with Crippen molar-refractivity contribution in [2.75, 3.05) is 0 Å².